The van der Waals surface area contributed by atoms with Gasteiger partial charge in [0, 0.05) is 17.8 Å². The van der Waals surface area contributed by atoms with E-state index in [0.29, 0.717) is 17.3 Å². The van der Waals surface area contributed by atoms with Gasteiger partial charge < -0.3 is 5.32 Å². The van der Waals surface area contributed by atoms with Gasteiger partial charge in [-0.05, 0) is 18.2 Å². The van der Waals surface area contributed by atoms with Gasteiger partial charge >= 0.3 is 0 Å². The minimum atomic E-state index is -0.297. The number of para-hydroxylation sites is 1. The Bertz CT molecular complexity index is 1010. The van der Waals surface area contributed by atoms with Crippen LogP contribution in [0.2, 0.25) is 0 Å². The summed E-state index contributed by atoms with van der Waals surface area (Å²) < 4.78 is 1.49. The van der Waals surface area contributed by atoms with E-state index in [9.17, 15) is 4.79 Å². The minimum Gasteiger partial charge on any atom is -0.318 e. The number of aromatic nitrogens is 5. The molecule has 0 saturated carbocycles. The maximum atomic E-state index is 12.4. The molecule has 0 radical (unpaired) electrons. The second kappa shape index (κ2) is 5.88. The van der Waals surface area contributed by atoms with Gasteiger partial charge in [0.25, 0.3) is 5.91 Å². The van der Waals surface area contributed by atoms with E-state index < -0.39 is 0 Å². The highest BCUT2D eigenvalue weighted by Crippen LogP contribution is 2.14. The van der Waals surface area contributed by atoms with Crippen LogP contribution in [0.4, 0.5) is 5.69 Å². The lowest BCUT2D eigenvalue weighted by atomic mass is 10.2. The molecule has 0 aliphatic rings. The normalized spacial score (nSPS) is 10.7. The molecule has 116 valence electrons. The summed E-state index contributed by atoms with van der Waals surface area (Å²) in [4.78, 5) is 24.9. The third-order valence-corrected chi connectivity index (χ3v) is 3.43. The van der Waals surface area contributed by atoms with Crippen LogP contribution in [-0.4, -0.2) is 30.6 Å². The molecule has 0 saturated heterocycles. The summed E-state index contributed by atoms with van der Waals surface area (Å²) in [5.74, 6) is 0.135. The second-order valence-corrected chi connectivity index (χ2v) is 5.07. The quantitative estimate of drug-likeness (QED) is 0.627. The number of nitrogens with zero attached hydrogens (tertiary/aromatic N) is 5. The number of nitrogens with one attached hydrogen (secondary N) is 1. The Kier molecular flexibility index (Phi) is 3.43. The highest BCUT2D eigenvalue weighted by atomic mass is 16.1. The van der Waals surface area contributed by atoms with Gasteiger partial charge in [0.05, 0.1) is 23.6 Å². The van der Waals surface area contributed by atoms with E-state index in [1.54, 1.807) is 30.7 Å². The van der Waals surface area contributed by atoms with Crippen LogP contribution >= 0.6 is 0 Å². The Hall–Kier alpha value is -3.61. The zero-order valence-corrected chi connectivity index (χ0v) is 12.5. The van der Waals surface area contributed by atoms with Crippen LogP contribution in [0.25, 0.3) is 16.9 Å². The van der Waals surface area contributed by atoms with Gasteiger partial charge in [0.1, 0.15) is 5.69 Å². The number of carbonyl (C=O) groups excluding carboxylic acids is 1. The Morgan fingerprint density at radius 3 is 2.71 bits per heavy atom. The molecule has 0 fully saturated rings. The molecule has 0 atom stereocenters. The predicted molar refractivity (Wildman–Crippen MR) is 88.9 cm³/mol. The van der Waals surface area contributed by atoms with Crippen molar-refractivity contribution in [1.29, 1.82) is 0 Å². The fourth-order valence-corrected chi connectivity index (χ4v) is 2.29. The maximum absolute atomic E-state index is 12.4. The topological polar surface area (TPSA) is 85.6 Å². The third-order valence-electron chi connectivity index (χ3n) is 3.43. The standard InChI is InChI=1S/C17H12N6O/c24-16(15-7-6-12-4-1-2-5-14(12)22-15)21-13-10-20-23(11-13)17-18-8-3-9-19-17/h1-11H,(H,21,24). The molecule has 4 aromatic rings. The van der Waals surface area contributed by atoms with Crippen molar-refractivity contribution in [3.8, 4) is 5.95 Å². The molecule has 0 aliphatic heterocycles. The Morgan fingerprint density at radius 2 is 1.83 bits per heavy atom. The molecule has 3 heterocycles. The summed E-state index contributed by atoms with van der Waals surface area (Å²) in [7, 11) is 0. The molecule has 7 nitrogen and oxygen atoms in total. The molecule has 24 heavy (non-hydrogen) atoms. The molecular weight excluding hydrogens is 304 g/mol. The summed E-state index contributed by atoms with van der Waals surface area (Å²) >= 11 is 0. The number of carbonyl (C=O) groups is 1. The van der Waals surface area contributed by atoms with Gasteiger partial charge in [-0.15, -0.1) is 0 Å². The van der Waals surface area contributed by atoms with Crippen LogP contribution in [0.3, 0.4) is 0 Å². The number of amides is 1. The predicted octanol–water partition coefficient (Wildman–Crippen LogP) is 2.46. The SMILES string of the molecule is O=C(Nc1cnn(-c2ncccn2)c1)c1ccc2ccccc2n1. The fraction of sp³-hybridized carbons (Fsp3) is 0. The van der Waals surface area contributed by atoms with Crippen LogP contribution in [-0.2, 0) is 0 Å². The maximum Gasteiger partial charge on any atom is 0.274 e. The zero-order chi connectivity index (χ0) is 16.4. The Balaban J connectivity index is 1.56. The van der Waals surface area contributed by atoms with Crippen LogP contribution in [0.1, 0.15) is 10.5 Å². The van der Waals surface area contributed by atoms with Crippen molar-refractivity contribution in [2.75, 3.05) is 5.32 Å². The second-order valence-electron chi connectivity index (χ2n) is 5.07. The van der Waals surface area contributed by atoms with E-state index in [2.05, 4.69) is 25.4 Å². The molecule has 3 aromatic heterocycles. The van der Waals surface area contributed by atoms with Gasteiger partial charge in [-0.1, -0.05) is 24.3 Å². The average molecular weight is 316 g/mol. The monoisotopic (exact) mass is 316 g/mol. The number of hydrogen-bond donors (Lipinski definition) is 1. The van der Waals surface area contributed by atoms with Crippen LogP contribution in [0, 0.1) is 0 Å². The number of pyridine rings is 1. The van der Waals surface area contributed by atoms with Gasteiger partial charge in [0.2, 0.25) is 5.95 Å². The van der Waals surface area contributed by atoms with Gasteiger partial charge in [-0.25, -0.2) is 19.6 Å². The molecule has 1 aromatic carbocycles. The van der Waals surface area contributed by atoms with E-state index in [1.165, 1.54) is 10.9 Å². The van der Waals surface area contributed by atoms with E-state index >= 15 is 0 Å². The summed E-state index contributed by atoms with van der Waals surface area (Å²) in [6.07, 6.45) is 6.44. The van der Waals surface area contributed by atoms with E-state index in [-0.39, 0.29) is 5.91 Å². The van der Waals surface area contributed by atoms with E-state index in [1.807, 2.05) is 30.3 Å². The smallest absolute Gasteiger partial charge is 0.274 e. The lowest BCUT2D eigenvalue weighted by Crippen LogP contribution is -2.13. The van der Waals surface area contributed by atoms with Crippen LogP contribution in [0.15, 0.2) is 67.3 Å². The first-order valence-electron chi connectivity index (χ1n) is 7.29. The number of rotatable bonds is 3. The molecule has 0 unspecified atom stereocenters. The van der Waals surface area contributed by atoms with Gasteiger partial charge in [-0.2, -0.15) is 5.10 Å². The van der Waals surface area contributed by atoms with Crippen molar-refractivity contribution in [3.63, 3.8) is 0 Å². The molecule has 0 bridgehead atoms. The number of anilines is 1. The largest absolute Gasteiger partial charge is 0.318 e. The van der Waals surface area contributed by atoms with Crippen molar-refractivity contribution < 1.29 is 4.79 Å². The van der Waals surface area contributed by atoms with Gasteiger partial charge in [-0.3, -0.25) is 4.79 Å². The van der Waals surface area contributed by atoms with Crippen molar-refractivity contribution in [3.05, 3.63) is 72.9 Å². The lowest BCUT2D eigenvalue weighted by molar-refractivity contribution is 0.102. The van der Waals surface area contributed by atoms with E-state index in [4.69, 9.17) is 0 Å². The van der Waals surface area contributed by atoms with Crippen molar-refractivity contribution in [2.45, 2.75) is 0 Å². The highest BCUT2D eigenvalue weighted by Gasteiger charge is 2.10. The number of hydrogen-bond acceptors (Lipinski definition) is 5. The molecule has 7 heteroatoms. The third kappa shape index (κ3) is 2.70. The molecule has 4 rings (SSSR count). The van der Waals surface area contributed by atoms with E-state index in [0.717, 1.165) is 10.9 Å². The first-order chi connectivity index (χ1) is 11.8. The Labute approximate surface area is 137 Å². The van der Waals surface area contributed by atoms with Crippen LogP contribution < -0.4 is 5.32 Å². The molecule has 1 amide bonds. The highest BCUT2D eigenvalue weighted by molar-refractivity contribution is 6.03. The van der Waals surface area contributed by atoms with Crippen molar-refractivity contribution >= 4 is 22.5 Å². The molecular formula is C17H12N6O. The van der Waals surface area contributed by atoms with Crippen LogP contribution in [0.5, 0.6) is 0 Å². The Morgan fingerprint density at radius 1 is 1.00 bits per heavy atom. The molecule has 0 spiro atoms. The summed E-state index contributed by atoms with van der Waals surface area (Å²) in [5, 5.41) is 7.90. The summed E-state index contributed by atoms with van der Waals surface area (Å²) in [5.41, 5.74) is 1.67. The number of fused-ring (bicyclic) bond motifs is 1. The molecule has 0 aliphatic carbocycles. The van der Waals surface area contributed by atoms with Crippen molar-refractivity contribution in [1.82, 2.24) is 24.7 Å². The fourth-order valence-electron chi connectivity index (χ4n) is 2.29. The summed E-state index contributed by atoms with van der Waals surface area (Å²) in [6, 6.07) is 12.9. The average Bonchev–Trinajstić information content (AvgIpc) is 3.10. The summed E-state index contributed by atoms with van der Waals surface area (Å²) in [6.45, 7) is 0. The minimum absolute atomic E-state index is 0.297. The van der Waals surface area contributed by atoms with Crippen molar-refractivity contribution in [2.24, 2.45) is 0 Å². The molecule has 1 N–H and O–H groups in total. The number of benzene rings is 1. The first kappa shape index (κ1) is 14.0. The first-order valence-corrected chi connectivity index (χ1v) is 7.29. The zero-order valence-electron chi connectivity index (χ0n) is 12.5. The lowest BCUT2D eigenvalue weighted by Gasteiger charge is -2.03. The van der Waals surface area contributed by atoms with Gasteiger partial charge in [0.15, 0.2) is 0 Å².